The van der Waals surface area contributed by atoms with Crippen LogP contribution in [0.25, 0.3) is 11.1 Å². The van der Waals surface area contributed by atoms with Crippen molar-refractivity contribution in [3.63, 3.8) is 0 Å². The Balaban J connectivity index is 1.62. The third kappa shape index (κ3) is 3.19. The zero-order chi connectivity index (χ0) is 14.7. The molecule has 0 spiro atoms. The van der Waals surface area contributed by atoms with Gasteiger partial charge in [0.25, 0.3) is 0 Å². The molecule has 0 radical (unpaired) electrons. The average molecular weight is 279 g/mol. The van der Waals surface area contributed by atoms with E-state index in [0.29, 0.717) is 12.3 Å². The minimum atomic E-state index is 0.157. The molecule has 0 saturated carbocycles. The first-order valence-electron chi connectivity index (χ1n) is 7.13. The molecule has 1 heterocycles. The highest BCUT2D eigenvalue weighted by molar-refractivity contribution is 5.81. The summed E-state index contributed by atoms with van der Waals surface area (Å²) in [4.78, 5) is 16.4. The standard InChI is InChI=1S/C18H17NO2/c1-13-6-2-3-7-14(13)10-11-15(20)12-18-19-16-8-4-5-9-17(16)21-18/h2-9H,10-12H2,1H3. The second-order valence-electron chi connectivity index (χ2n) is 5.22. The average Bonchev–Trinajstić information content (AvgIpc) is 2.88. The number of para-hydroxylation sites is 2. The van der Waals surface area contributed by atoms with E-state index in [2.05, 4.69) is 24.0 Å². The lowest BCUT2D eigenvalue weighted by Crippen LogP contribution is -2.05. The Hall–Kier alpha value is -2.42. The molecule has 0 amide bonds. The van der Waals surface area contributed by atoms with E-state index in [0.717, 1.165) is 17.5 Å². The van der Waals surface area contributed by atoms with Crippen LogP contribution in [-0.4, -0.2) is 10.8 Å². The minimum absolute atomic E-state index is 0.157. The lowest BCUT2D eigenvalue weighted by atomic mass is 10.0. The Morgan fingerprint density at radius 2 is 1.86 bits per heavy atom. The maximum absolute atomic E-state index is 12.1. The number of benzene rings is 2. The van der Waals surface area contributed by atoms with Crippen LogP contribution in [0.4, 0.5) is 0 Å². The summed E-state index contributed by atoms with van der Waals surface area (Å²) in [6, 6.07) is 15.7. The summed E-state index contributed by atoms with van der Waals surface area (Å²) in [6.45, 7) is 2.07. The van der Waals surface area contributed by atoms with Gasteiger partial charge in [0.05, 0.1) is 6.42 Å². The Labute approximate surface area is 123 Å². The lowest BCUT2D eigenvalue weighted by Gasteiger charge is -2.03. The van der Waals surface area contributed by atoms with Crippen molar-refractivity contribution in [1.29, 1.82) is 0 Å². The van der Waals surface area contributed by atoms with Gasteiger partial charge in [0, 0.05) is 6.42 Å². The van der Waals surface area contributed by atoms with E-state index in [1.54, 1.807) is 0 Å². The molecule has 3 rings (SSSR count). The van der Waals surface area contributed by atoms with Gasteiger partial charge in [0.15, 0.2) is 5.58 Å². The number of hydrogen-bond acceptors (Lipinski definition) is 3. The summed E-state index contributed by atoms with van der Waals surface area (Å²) in [7, 11) is 0. The zero-order valence-corrected chi connectivity index (χ0v) is 12.0. The van der Waals surface area contributed by atoms with Crippen LogP contribution in [0.3, 0.4) is 0 Å². The molecule has 2 aromatic carbocycles. The van der Waals surface area contributed by atoms with Crippen molar-refractivity contribution in [3.8, 4) is 0 Å². The van der Waals surface area contributed by atoms with Crippen LogP contribution < -0.4 is 0 Å². The Morgan fingerprint density at radius 3 is 2.67 bits per heavy atom. The summed E-state index contributed by atoms with van der Waals surface area (Å²) >= 11 is 0. The summed E-state index contributed by atoms with van der Waals surface area (Å²) in [5.41, 5.74) is 3.99. The van der Waals surface area contributed by atoms with Crippen molar-refractivity contribution in [1.82, 2.24) is 4.98 Å². The van der Waals surface area contributed by atoms with Crippen LogP contribution in [0, 0.1) is 6.92 Å². The van der Waals surface area contributed by atoms with Gasteiger partial charge in [-0.1, -0.05) is 36.4 Å². The summed E-state index contributed by atoms with van der Waals surface area (Å²) in [5.74, 6) is 0.663. The maximum Gasteiger partial charge on any atom is 0.202 e. The van der Waals surface area contributed by atoms with E-state index < -0.39 is 0 Å². The first kappa shape index (κ1) is 13.6. The van der Waals surface area contributed by atoms with E-state index in [1.165, 1.54) is 11.1 Å². The van der Waals surface area contributed by atoms with Crippen LogP contribution in [-0.2, 0) is 17.6 Å². The number of nitrogens with zero attached hydrogens (tertiary/aromatic N) is 1. The summed E-state index contributed by atoms with van der Waals surface area (Å²) in [6.07, 6.45) is 1.55. The molecular formula is C18H17NO2. The molecule has 0 aliphatic rings. The summed E-state index contributed by atoms with van der Waals surface area (Å²) < 4.78 is 5.58. The van der Waals surface area contributed by atoms with E-state index in [4.69, 9.17) is 4.42 Å². The third-order valence-corrected chi connectivity index (χ3v) is 3.62. The zero-order valence-electron chi connectivity index (χ0n) is 12.0. The molecule has 0 atom stereocenters. The minimum Gasteiger partial charge on any atom is -0.440 e. The smallest absolute Gasteiger partial charge is 0.202 e. The van der Waals surface area contributed by atoms with Gasteiger partial charge < -0.3 is 4.42 Å². The Kier molecular flexibility index (Phi) is 3.82. The number of rotatable bonds is 5. The number of Topliss-reactive ketones (excluding diaryl/α,β-unsaturated/α-hetero) is 1. The Bertz CT molecular complexity index is 740. The number of ketones is 1. The number of fused-ring (bicyclic) bond motifs is 1. The maximum atomic E-state index is 12.1. The third-order valence-electron chi connectivity index (χ3n) is 3.62. The molecule has 0 N–H and O–H groups in total. The highest BCUT2D eigenvalue weighted by atomic mass is 16.3. The normalized spacial score (nSPS) is 10.9. The fourth-order valence-electron chi connectivity index (χ4n) is 2.42. The van der Waals surface area contributed by atoms with Crippen LogP contribution >= 0.6 is 0 Å². The summed E-state index contributed by atoms with van der Waals surface area (Å²) in [5, 5.41) is 0. The quantitative estimate of drug-likeness (QED) is 0.711. The van der Waals surface area contributed by atoms with Crippen molar-refractivity contribution in [3.05, 3.63) is 65.5 Å². The molecule has 0 saturated heterocycles. The largest absolute Gasteiger partial charge is 0.440 e. The number of oxazole rings is 1. The van der Waals surface area contributed by atoms with Crippen molar-refractivity contribution < 1.29 is 9.21 Å². The Morgan fingerprint density at radius 1 is 1.10 bits per heavy atom. The number of hydrogen-bond donors (Lipinski definition) is 0. The molecule has 3 nitrogen and oxygen atoms in total. The van der Waals surface area contributed by atoms with Crippen LogP contribution in [0.2, 0.25) is 0 Å². The first-order chi connectivity index (χ1) is 10.2. The van der Waals surface area contributed by atoms with Gasteiger partial charge in [-0.2, -0.15) is 0 Å². The van der Waals surface area contributed by atoms with Crippen molar-refractivity contribution in [2.24, 2.45) is 0 Å². The molecular weight excluding hydrogens is 262 g/mol. The van der Waals surface area contributed by atoms with Crippen molar-refractivity contribution in [2.75, 3.05) is 0 Å². The van der Waals surface area contributed by atoms with Gasteiger partial charge in [-0.25, -0.2) is 4.98 Å². The highest BCUT2D eigenvalue weighted by Gasteiger charge is 2.11. The molecule has 106 valence electrons. The van der Waals surface area contributed by atoms with E-state index in [9.17, 15) is 4.79 Å². The highest BCUT2D eigenvalue weighted by Crippen LogP contribution is 2.16. The molecule has 0 bridgehead atoms. The van der Waals surface area contributed by atoms with Crippen LogP contribution in [0.1, 0.15) is 23.4 Å². The number of carbonyl (C=O) groups is 1. The van der Waals surface area contributed by atoms with E-state index in [-0.39, 0.29) is 12.2 Å². The van der Waals surface area contributed by atoms with Gasteiger partial charge in [0.2, 0.25) is 5.89 Å². The van der Waals surface area contributed by atoms with Crippen LogP contribution in [0.15, 0.2) is 52.9 Å². The molecule has 21 heavy (non-hydrogen) atoms. The van der Waals surface area contributed by atoms with E-state index >= 15 is 0 Å². The van der Waals surface area contributed by atoms with Crippen molar-refractivity contribution in [2.45, 2.75) is 26.2 Å². The lowest BCUT2D eigenvalue weighted by molar-refractivity contribution is -0.118. The van der Waals surface area contributed by atoms with Gasteiger partial charge in [-0.05, 0) is 36.6 Å². The second kappa shape index (κ2) is 5.92. The van der Waals surface area contributed by atoms with Gasteiger partial charge in [-0.3, -0.25) is 4.79 Å². The molecule has 0 fully saturated rings. The molecule has 3 heteroatoms. The molecule has 0 aliphatic carbocycles. The van der Waals surface area contributed by atoms with Crippen molar-refractivity contribution >= 4 is 16.9 Å². The topological polar surface area (TPSA) is 43.1 Å². The first-order valence-corrected chi connectivity index (χ1v) is 7.13. The van der Waals surface area contributed by atoms with Gasteiger partial charge >= 0.3 is 0 Å². The van der Waals surface area contributed by atoms with Gasteiger partial charge in [0.1, 0.15) is 11.3 Å². The molecule has 0 aliphatic heterocycles. The second-order valence-corrected chi connectivity index (χ2v) is 5.22. The van der Waals surface area contributed by atoms with Gasteiger partial charge in [-0.15, -0.1) is 0 Å². The molecule has 0 unspecified atom stereocenters. The predicted molar refractivity (Wildman–Crippen MR) is 82.2 cm³/mol. The molecule has 1 aromatic heterocycles. The monoisotopic (exact) mass is 279 g/mol. The molecule has 3 aromatic rings. The number of carbonyl (C=O) groups excluding carboxylic acids is 1. The van der Waals surface area contributed by atoms with E-state index in [1.807, 2.05) is 36.4 Å². The predicted octanol–water partition coefficient (Wildman–Crippen LogP) is 3.88. The van der Waals surface area contributed by atoms with Crippen LogP contribution in [0.5, 0.6) is 0 Å². The fourth-order valence-corrected chi connectivity index (χ4v) is 2.42. The SMILES string of the molecule is Cc1ccccc1CCC(=O)Cc1nc2ccccc2o1. The fraction of sp³-hybridized carbons (Fsp3) is 0.222. The number of aromatic nitrogens is 1. The number of aryl methyl sites for hydroxylation is 2.